The minimum absolute atomic E-state index is 0.0646. The number of fused-ring (bicyclic) bond motifs is 1. The van der Waals surface area contributed by atoms with Crippen LogP contribution in [0.15, 0.2) is 66.7 Å². The van der Waals surface area contributed by atoms with Crippen LogP contribution in [0.4, 0.5) is 0 Å². The zero-order chi connectivity index (χ0) is 24.9. The number of aryl methyl sites for hydroxylation is 3. The SMILES string of the molecule is Cc1ccc(C(=O)NC(c2nc3cc(C)ccc3n2Cc2ccccc2)C(C)C)c(CCCN)c1. The molecule has 5 heteroatoms. The summed E-state index contributed by atoms with van der Waals surface area (Å²) in [4.78, 5) is 18.6. The molecule has 1 atom stereocenters. The second-order valence-electron chi connectivity index (χ2n) is 9.78. The molecule has 182 valence electrons. The summed E-state index contributed by atoms with van der Waals surface area (Å²) in [6.07, 6.45) is 1.64. The van der Waals surface area contributed by atoms with Crippen LogP contribution in [-0.2, 0) is 13.0 Å². The molecule has 5 nitrogen and oxygen atoms in total. The molecule has 0 bridgehead atoms. The average molecular weight is 469 g/mol. The first kappa shape index (κ1) is 24.7. The highest BCUT2D eigenvalue weighted by atomic mass is 16.1. The number of hydrogen-bond acceptors (Lipinski definition) is 3. The first-order valence-corrected chi connectivity index (χ1v) is 12.5. The van der Waals surface area contributed by atoms with Crippen molar-refractivity contribution < 1.29 is 4.79 Å². The highest BCUT2D eigenvalue weighted by molar-refractivity contribution is 5.96. The summed E-state index contributed by atoms with van der Waals surface area (Å²) in [5.74, 6) is 0.975. The van der Waals surface area contributed by atoms with Crippen LogP contribution in [0, 0.1) is 19.8 Å². The zero-order valence-electron chi connectivity index (χ0n) is 21.2. The quantitative estimate of drug-likeness (QED) is 0.330. The molecular formula is C30H36N4O. The van der Waals surface area contributed by atoms with Gasteiger partial charge in [-0.1, -0.05) is 67.9 Å². The summed E-state index contributed by atoms with van der Waals surface area (Å²) in [5.41, 5.74) is 13.1. The van der Waals surface area contributed by atoms with Crippen molar-refractivity contribution >= 4 is 16.9 Å². The molecule has 1 unspecified atom stereocenters. The average Bonchev–Trinajstić information content (AvgIpc) is 3.18. The normalized spacial score (nSPS) is 12.3. The number of imidazole rings is 1. The number of nitrogens with two attached hydrogens (primary N) is 1. The van der Waals surface area contributed by atoms with Gasteiger partial charge in [0.15, 0.2) is 0 Å². The molecule has 3 N–H and O–H groups in total. The molecule has 1 heterocycles. The maximum Gasteiger partial charge on any atom is 0.252 e. The van der Waals surface area contributed by atoms with Crippen LogP contribution in [0.1, 0.15) is 64.7 Å². The minimum Gasteiger partial charge on any atom is -0.342 e. The van der Waals surface area contributed by atoms with Gasteiger partial charge < -0.3 is 15.6 Å². The van der Waals surface area contributed by atoms with E-state index < -0.39 is 0 Å². The monoisotopic (exact) mass is 468 g/mol. The number of rotatable bonds is 9. The van der Waals surface area contributed by atoms with Crippen molar-refractivity contribution in [2.24, 2.45) is 11.7 Å². The summed E-state index contributed by atoms with van der Waals surface area (Å²) in [6, 6.07) is 22.6. The molecule has 3 aromatic carbocycles. The van der Waals surface area contributed by atoms with Crippen LogP contribution in [-0.4, -0.2) is 22.0 Å². The smallest absolute Gasteiger partial charge is 0.252 e. The summed E-state index contributed by atoms with van der Waals surface area (Å²) in [6.45, 7) is 9.70. The Morgan fingerprint density at radius 3 is 2.43 bits per heavy atom. The lowest BCUT2D eigenvalue weighted by Crippen LogP contribution is -2.34. The fourth-order valence-electron chi connectivity index (χ4n) is 4.62. The van der Waals surface area contributed by atoms with Crippen LogP contribution in [0.25, 0.3) is 11.0 Å². The van der Waals surface area contributed by atoms with Crippen molar-refractivity contribution in [1.29, 1.82) is 0 Å². The van der Waals surface area contributed by atoms with Gasteiger partial charge in [0.05, 0.1) is 17.1 Å². The minimum atomic E-state index is -0.234. The Labute approximate surface area is 208 Å². The van der Waals surface area contributed by atoms with Crippen LogP contribution >= 0.6 is 0 Å². The largest absolute Gasteiger partial charge is 0.342 e. The van der Waals surface area contributed by atoms with E-state index >= 15 is 0 Å². The van der Waals surface area contributed by atoms with Gasteiger partial charge in [-0.15, -0.1) is 0 Å². The fraction of sp³-hybridized carbons (Fsp3) is 0.333. The Morgan fingerprint density at radius 1 is 1.00 bits per heavy atom. The molecule has 4 aromatic rings. The summed E-state index contributed by atoms with van der Waals surface area (Å²) in [7, 11) is 0. The standard InChI is InChI=1S/C30H36N4O/c1-20(2)28(33-30(35)25-14-12-21(3)17-24(25)11-8-16-31)29-32-26-18-22(4)13-15-27(26)34(29)19-23-9-6-5-7-10-23/h5-7,9-10,12-15,17-18,20,28H,8,11,16,19,31H2,1-4H3,(H,33,35). The molecule has 0 aliphatic heterocycles. The van der Waals surface area contributed by atoms with E-state index in [0.717, 1.165) is 46.4 Å². The van der Waals surface area contributed by atoms with Gasteiger partial charge in [0.2, 0.25) is 0 Å². The van der Waals surface area contributed by atoms with E-state index in [-0.39, 0.29) is 17.9 Å². The Hall–Kier alpha value is -3.44. The molecule has 35 heavy (non-hydrogen) atoms. The third-order valence-corrected chi connectivity index (χ3v) is 6.50. The first-order chi connectivity index (χ1) is 16.9. The van der Waals surface area contributed by atoms with Crippen molar-refractivity contribution in [1.82, 2.24) is 14.9 Å². The van der Waals surface area contributed by atoms with Crippen molar-refractivity contribution in [3.63, 3.8) is 0 Å². The van der Waals surface area contributed by atoms with Crippen LogP contribution in [0.5, 0.6) is 0 Å². The van der Waals surface area contributed by atoms with E-state index in [1.165, 1.54) is 11.1 Å². The third kappa shape index (κ3) is 5.63. The molecule has 0 radical (unpaired) electrons. The van der Waals surface area contributed by atoms with Gasteiger partial charge in [-0.05, 0) is 74.0 Å². The van der Waals surface area contributed by atoms with Gasteiger partial charge in [-0.3, -0.25) is 4.79 Å². The Morgan fingerprint density at radius 2 is 1.71 bits per heavy atom. The number of aromatic nitrogens is 2. The predicted molar refractivity (Wildman–Crippen MR) is 144 cm³/mol. The molecule has 0 saturated heterocycles. The maximum absolute atomic E-state index is 13.6. The number of nitrogens with zero attached hydrogens (tertiary/aromatic N) is 2. The Balaban J connectivity index is 1.74. The van der Waals surface area contributed by atoms with Crippen LogP contribution in [0.2, 0.25) is 0 Å². The van der Waals surface area contributed by atoms with Gasteiger partial charge >= 0.3 is 0 Å². The first-order valence-electron chi connectivity index (χ1n) is 12.5. The van der Waals surface area contributed by atoms with E-state index in [4.69, 9.17) is 10.7 Å². The van der Waals surface area contributed by atoms with Gasteiger partial charge in [0.25, 0.3) is 5.91 Å². The second kappa shape index (κ2) is 10.9. The van der Waals surface area contributed by atoms with E-state index in [9.17, 15) is 4.79 Å². The number of nitrogens with one attached hydrogen (secondary N) is 1. The molecule has 1 amide bonds. The lowest BCUT2D eigenvalue weighted by atomic mass is 9.98. The number of carbonyl (C=O) groups excluding carboxylic acids is 1. The fourth-order valence-corrected chi connectivity index (χ4v) is 4.62. The highest BCUT2D eigenvalue weighted by Crippen LogP contribution is 2.28. The maximum atomic E-state index is 13.6. The van der Waals surface area contributed by atoms with Crippen molar-refractivity contribution in [2.45, 2.75) is 53.1 Å². The van der Waals surface area contributed by atoms with Crippen molar-refractivity contribution in [3.8, 4) is 0 Å². The van der Waals surface area contributed by atoms with E-state index in [2.05, 4.69) is 86.1 Å². The van der Waals surface area contributed by atoms with Gasteiger partial charge in [-0.2, -0.15) is 0 Å². The zero-order valence-corrected chi connectivity index (χ0v) is 21.2. The summed E-state index contributed by atoms with van der Waals surface area (Å²) in [5, 5.41) is 3.33. The number of carbonyl (C=O) groups is 1. The molecule has 0 saturated carbocycles. The number of benzene rings is 3. The second-order valence-corrected chi connectivity index (χ2v) is 9.78. The molecule has 4 rings (SSSR count). The van der Waals surface area contributed by atoms with Gasteiger partial charge in [0.1, 0.15) is 5.82 Å². The topological polar surface area (TPSA) is 72.9 Å². The highest BCUT2D eigenvalue weighted by Gasteiger charge is 2.26. The summed E-state index contributed by atoms with van der Waals surface area (Å²) < 4.78 is 2.25. The van der Waals surface area contributed by atoms with Crippen molar-refractivity contribution in [3.05, 3.63) is 100 Å². The molecule has 0 aliphatic carbocycles. The Kier molecular flexibility index (Phi) is 7.67. The van der Waals surface area contributed by atoms with E-state index in [1.807, 2.05) is 18.2 Å². The Bertz CT molecular complexity index is 1310. The molecule has 0 aliphatic rings. The van der Waals surface area contributed by atoms with Crippen molar-refractivity contribution in [2.75, 3.05) is 6.54 Å². The predicted octanol–water partition coefficient (Wildman–Crippen LogP) is 5.72. The molecule has 0 fully saturated rings. The van der Waals surface area contributed by atoms with E-state index in [0.29, 0.717) is 13.1 Å². The van der Waals surface area contributed by atoms with Gasteiger partial charge in [0, 0.05) is 12.1 Å². The lowest BCUT2D eigenvalue weighted by molar-refractivity contribution is 0.0921. The molecule has 0 spiro atoms. The lowest BCUT2D eigenvalue weighted by Gasteiger charge is -2.24. The number of hydrogen-bond donors (Lipinski definition) is 2. The van der Waals surface area contributed by atoms with E-state index in [1.54, 1.807) is 0 Å². The van der Waals surface area contributed by atoms with Crippen LogP contribution < -0.4 is 11.1 Å². The van der Waals surface area contributed by atoms with Crippen LogP contribution in [0.3, 0.4) is 0 Å². The number of amides is 1. The molecule has 1 aromatic heterocycles. The molecular weight excluding hydrogens is 432 g/mol. The van der Waals surface area contributed by atoms with Gasteiger partial charge in [-0.25, -0.2) is 4.98 Å². The summed E-state index contributed by atoms with van der Waals surface area (Å²) >= 11 is 0. The third-order valence-electron chi connectivity index (χ3n) is 6.50.